The topological polar surface area (TPSA) is 61.8 Å². The molecule has 0 saturated carbocycles. The van der Waals surface area contributed by atoms with Crippen molar-refractivity contribution in [2.75, 3.05) is 25.2 Å². The Labute approximate surface area is 120 Å². The van der Waals surface area contributed by atoms with Crippen molar-refractivity contribution in [3.8, 4) is 5.75 Å². The Balaban J connectivity index is 2.54. The SMILES string of the molecule is CC(=O)Oc1ccccc1C(=O)OCCOCCBr. The highest BCUT2D eigenvalue weighted by Crippen LogP contribution is 2.19. The average molecular weight is 331 g/mol. The van der Waals surface area contributed by atoms with Crippen LogP contribution in [0, 0.1) is 0 Å². The Hall–Kier alpha value is -1.40. The lowest BCUT2D eigenvalue weighted by Gasteiger charge is -2.09. The minimum absolute atomic E-state index is 0.153. The number of benzene rings is 1. The van der Waals surface area contributed by atoms with Crippen molar-refractivity contribution in [2.24, 2.45) is 0 Å². The molecule has 1 aromatic carbocycles. The first-order chi connectivity index (χ1) is 9.15. The third-order valence-corrected chi connectivity index (χ3v) is 2.37. The first-order valence-electron chi connectivity index (χ1n) is 5.73. The molecule has 0 aromatic heterocycles. The van der Waals surface area contributed by atoms with Gasteiger partial charge in [0.05, 0.1) is 13.2 Å². The third-order valence-electron chi connectivity index (χ3n) is 2.04. The largest absolute Gasteiger partial charge is 0.460 e. The predicted molar refractivity (Wildman–Crippen MR) is 72.6 cm³/mol. The third kappa shape index (κ3) is 5.85. The van der Waals surface area contributed by atoms with Gasteiger partial charge in [-0.1, -0.05) is 28.1 Å². The van der Waals surface area contributed by atoms with E-state index in [1.807, 2.05) is 0 Å². The monoisotopic (exact) mass is 330 g/mol. The number of hydrogen-bond donors (Lipinski definition) is 0. The van der Waals surface area contributed by atoms with Crippen LogP contribution in [0.2, 0.25) is 0 Å². The van der Waals surface area contributed by atoms with E-state index in [0.29, 0.717) is 13.2 Å². The van der Waals surface area contributed by atoms with Crippen molar-refractivity contribution in [1.29, 1.82) is 0 Å². The second-order valence-electron chi connectivity index (χ2n) is 3.53. The van der Waals surface area contributed by atoms with Crippen LogP contribution in [0.25, 0.3) is 0 Å². The van der Waals surface area contributed by atoms with E-state index in [1.165, 1.54) is 6.92 Å². The summed E-state index contributed by atoms with van der Waals surface area (Å²) in [6.07, 6.45) is 0. The van der Waals surface area contributed by atoms with Gasteiger partial charge in [0, 0.05) is 12.3 Å². The number of carbonyl (C=O) groups is 2. The number of alkyl halides is 1. The van der Waals surface area contributed by atoms with Crippen molar-refractivity contribution in [1.82, 2.24) is 0 Å². The highest BCUT2D eigenvalue weighted by molar-refractivity contribution is 9.09. The zero-order valence-electron chi connectivity index (χ0n) is 10.6. The van der Waals surface area contributed by atoms with Gasteiger partial charge in [-0.25, -0.2) is 4.79 Å². The molecule has 0 atom stereocenters. The summed E-state index contributed by atoms with van der Waals surface area (Å²) in [7, 11) is 0. The van der Waals surface area contributed by atoms with Crippen LogP contribution in [0.15, 0.2) is 24.3 Å². The molecule has 6 heteroatoms. The minimum atomic E-state index is -0.542. The standard InChI is InChI=1S/C13H15BrO5/c1-10(15)19-12-5-3-2-4-11(12)13(16)18-9-8-17-7-6-14/h2-5H,6-9H2,1H3. The second kappa shape index (κ2) is 8.66. The first kappa shape index (κ1) is 15.7. The average Bonchev–Trinajstić information content (AvgIpc) is 2.38. The van der Waals surface area contributed by atoms with Crippen LogP contribution in [0.4, 0.5) is 0 Å². The predicted octanol–water partition coefficient (Wildman–Crippen LogP) is 2.18. The van der Waals surface area contributed by atoms with Crippen molar-refractivity contribution < 1.29 is 23.8 Å². The van der Waals surface area contributed by atoms with Crippen molar-refractivity contribution in [3.05, 3.63) is 29.8 Å². The summed E-state index contributed by atoms with van der Waals surface area (Å²) in [5.74, 6) is -0.832. The van der Waals surface area contributed by atoms with E-state index in [0.717, 1.165) is 5.33 Å². The molecule has 1 rings (SSSR count). The van der Waals surface area contributed by atoms with E-state index in [2.05, 4.69) is 15.9 Å². The molecule has 19 heavy (non-hydrogen) atoms. The molecule has 0 unspecified atom stereocenters. The zero-order valence-corrected chi connectivity index (χ0v) is 12.1. The van der Waals surface area contributed by atoms with Gasteiger partial charge < -0.3 is 14.2 Å². The van der Waals surface area contributed by atoms with E-state index >= 15 is 0 Å². The molecule has 1 aromatic rings. The van der Waals surface area contributed by atoms with Gasteiger partial charge in [0.25, 0.3) is 0 Å². The number of halogens is 1. The number of hydrogen-bond acceptors (Lipinski definition) is 5. The van der Waals surface area contributed by atoms with Crippen LogP contribution in [0.1, 0.15) is 17.3 Å². The fourth-order valence-electron chi connectivity index (χ4n) is 1.31. The Kier molecular flexibility index (Phi) is 7.14. The molecular formula is C13H15BrO5. The molecule has 5 nitrogen and oxygen atoms in total. The summed E-state index contributed by atoms with van der Waals surface area (Å²) in [6.45, 7) is 2.31. The van der Waals surface area contributed by atoms with Gasteiger partial charge in [0.15, 0.2) is 0 Å². The number of esters is 2. The summed E-state index contributed by atoms with van der Waals surface area (Å²) in [5, 5.41) is 0.732. The number of rotatable bonds is 7. The van der Waals surface area contributed by atoms with Gasteiger partial charge in [-0.2, -0.15) is 0 Å². The smallest absolute Gasteiger partial charge is 0.342 e. The summed E-state index contributed by atoms with van der Waals surface area (Å²) < 4.78 is 15.1. The van der Waals surface area contributed by atoms with Crippen molar-refractivity contribution >= 4 is 27.9 Å². The maximum atomic E-state index is 11.8. The number of carbonyl (C=O) groups excluding carboxylic acids is 2. The van der Waals surface area contributed by atoms with Gasteiger partial charge >= 0.3 is 11.9 Å². The van der Waals surface area contributed by atoms with Crippen LogP contribution in [-0.2, 0) is 14.3 Å². The molecule has 0 N–H and O–H groups in total. The molecule has 0 amide bonds. The van der Waals surface area contributed by atoms with Crippen LogP contribution >= 0.6 is 15.9 Å². The molecule has 0 aliphatic heterocycles. The molecule has 0 radical (unpaired) electrons. The zero-order chi connectivity index (χ0) is 14.1. The highest BCUT2D eigenvalue weighted by atomic mass is 79.9. The van der Waals surface area contributed by atoms with Gasteiger partial charge in [-0.3, -0.25) is 4.79 Å². The molecule has 0 bridgehead atoms. The minimum Gasteiger partial charge on any atom is -0.460 e. The van der Waals surface area contributed by atoms with E-state index < -0.39 is 11.9 Å². The van der Waals surface area contributed by atoms with Crippen molar-refractivity contribution in [3.63, 3.8) is 0 Å². The van der Waals surface area contributed by atoms with Gasteiger partial charge in [0.1, 0.15) is 17.9 Å². The van der Waals surface area contributed by atoms with E-state index in [9.17, 15) is 9.59 Å². The Bertz CT molecular complexity index is 433. The van der Waals surface area contributed by atoms with Crippen LogP contribution < -0.4 is 4.74 Å². The maximum absolute atomic E-state index is 11.8. The Morgan fingerprint density at radius 2 is 1.89 bits per heavy atom. The normalized spacial score (nSPS) is 10.0. The summed E-state index contributed by atoms with van der Waals surface area (Å²) in [6, 6.07) is 6.43. The lowest BCUT2D eigenvalue weighted by molar-refractivity contribution is -0.131. The van der Waals surface area contributed by atoms with E-state index in [-0.39, 0.29) is 17.9 Å². The van der Waals surface area contributed by atoms with Crippen LogP contribution in [0.5, 0.6) is 5.75 Å². The molecule has 0 aliphatic carbocycles. The fraction of sp³-hybridized carbons (Fsp3) is 0.385. The van der Waals surface area contributed by atoms with Gasteiger partial charge in [-0.05, 0) is 12.1 Å². The molecule has 0 aliphatic rings. The summed E-state index contributed by atoms with van der Waals surface area (Å²) >= 11 is 3.22. The first-order valence-corrected chi connectivity index (χ1v) is 6.85. The second-order valence-corrected chi connectivity index (χ2v) is 4.32. The maximum Gasteiger partial charge on any atom is 0.342 e. The summed E-state index contributed by atoms with van der Waals surface area (Å²) in [5.41, 5.74) is 0.221. The van der Waals surface area contributed by atoms with Gasteiger partial charge in [-0.15, -0.1) is 0 Å². The number of para-hydroxylation sites is 1. The molecule has 0 fully saturated rings. The quantitative estimate of drug-likeness (QED) is 0.332. The molecular weight excluding hydrogens is 316 g/mol. The Morgan fingerprint density at radius 3 is 2.58 bits per heavy atom. The lowest BCUT2D eigenvalue weighted by atomic mass is 10.2. The van der Waals surface area contributed by atoms with Gasteiger partial charge in [0.2, 0.25) is 0 Å². The highest BCUT2D eigenvalue weighted by Gasteiger charge is 2.14. The Morgan fingerprint density at radius 1 is 1.16 bits per heavy atom. The molecule has 0 saturated heterocycles. The van der Waals surface area contributed by atoms with Crippen LogP contribution in [-0.4, -0.2) is 37.1 Å². The number of ether oxygens (including phenoxy) is 3. The molecule has 0 heterocycles. The fourth-order valence-corrected chi connectivity index (χ4v) is 1.54. The molecule has 0 spiro atoms. The van der Waals surface area contributed by atoms with E-state index in [4.69, 9.17) is 14.2 Å². The molecule has 104 valence electrons. The summed E-state index contributed by atoms with van der Waals surface area (Å²) in [4.78, 5) is 22.7. The van der Waals surface area contributed by atoms with Crippen molar-refractivity contribution in [2.45, 2.75) is 6.92 Å². The lowest BCUT2D eigenvalue weighted by Crippen LogP contribution is -2.13. The van der Waals surface area contributed by atoms with Crippen LogP contribution in [0.3, 0.4) is 0 Å². The van der Waals surface area contributed by atoms with E-state index in [1.54, 1.807) is 24.3 Å².